The van der Waals surface area contributed by atoms with E-state index in [1.165, 1.54) is 11.1 Å². The highest BCUT2D eigenvalue weighted by Crippen LogP contribution is 2.10. The van der Waals surface area contributed by atoms with Gasteiger partial charge < -0.3 is 5.32 Å². The van der Waals surface area contributed by atoms with Crippen LogP contribution in [0, 0.1) is 0 Å². The van der Waals surface area contributed by atoms with E-state index in [0.717, 1.165) is 17.6 Å². The fraction of sp³-hybridized carbons (Fsp3) is 0.182. The molecule has 0 aliphatic carbocycles. The van der Waals surface area contributed by atoms with Crippen molar-refractivity contribution < 1.29 is 0 Å². The maximum atomic E-state index is 4.12. The summed E-state index contributed by atoms with van der Waals surface area (Å²) in [4.78, 5) is 4.12. The van der Waals surface area contributed by atoms with E-state index in [-0.39, 0.29) is 0 Å². The molecule has 0 unspecified atom stereocenters. The molecule has 78 valence electrons. The largest absolute Gasteiger partial charge is 0.309 e. The summed E-state index contributed by atoms with van der Waals surface area (Å²) in [5.74, 6) is 0. The molecule has 0 amide bonds. The van der Waals surface area contributed by atoms with E-state index in [9.17, 15) is 0 Å². The molecule has 0 aliphatic rings. The van der Waals surface area contributed by atoms with Gasteiger partial charge in [0.15, 0.2) is 0 Å². The predicted molar refractivity (Wildman–Crippen MR) is 66.8 cm³/mol. The standard InChI is InChI=1S/C11H11BrN2S/c12-11-3-10(6-14-7-11)5-13-4-9-1-2-15-8-9/h1-3,6-8,13H,4-5H2. The van der Waals surface area contributed by atoms with Gasteiger partial charge >= 0.3 is 0 Å². The van der Waals surface area contributed by atoms with Crippen LogP contribution in [0.25, 0.3) is 0 Å². The summed E-state index contributed by atoms with van der Waals surface area (Å²) in [6.07, 6.45) is 3.67. The molecule has 2 heterocycles. The van der Waals surface area contributed by atoms with E-state index in [0.29, 0.717) is 0 Å². The molecule has 15 heavy (non-hydrogen) atoms. The second-order valence-electron chi connectivity index (χ2n) is 3.25. The van der Waals surface area contributed by atoms with Crippen LogP contribution in [0.5, 0.6) is 0 Å². The molecule has 2 rings (SSSR count). The van der Waals surface area contributed by atoms with Gasteiger partial charge in [0.1, 0.15) is 0 Å². The van der Waals surface area contributed by atoms with Gasteiger partial charge in [-0.3, -0.25) is 4.98 Å². The monoisotopic (exact) mass is 282 g/mol. The zero-order valence-corrected chi connectivity index (χ0v) is 10.5. The first-order valence-electron chi connectivity index (χ1n) is 4.66. The van der Waals surface area contributed by atoms with Crippen molar-refractivity contribution in [1.29, 1.82) is 0 Å². The number of thiophene rings is 1. The summed E-state index contributed by atoms with van der Waals surface area (Å²) in [7, 11) is 0. The van der Waals surface area contributed by atoms with Gasteiger partial charge in [-0.2, -0.15) is 11.3 Å². The second-order valence-corrected chi connectivity index (χ2v) is 4.94. The van der Waals surface area contributed by atoms with Gasteiger partial charge in [-0.1, -0.05) is 0 Å². The summed E-state index contributed by atoms with van der Waals surface area (Å²) in [6, 6.07) is 4.21. The van der Waals surface area contributed by atoms with Crippen molar-refractivity contribution in [3.63, 3.8) is 0 Å². The van der Waals surface area contributed by atoms with E-state index in [1.54, 1.807) is 17.5 Å². The molecule has 1 N–H and O–H groups in total. The van der Waals surface area contributed by atoms with Gasteiger partial charge in [-0.15, -0.1) is 0 Å². The zero-order chi connectivity index (χ0) is 10.5. The highest BCUT2D eigenvalue weighted by molar-refractivity contribution is 9.10. The lowest BCUT2D eigenvalue weighted by molar-refractivity contribution is 0.692. The third kappa shape index (κ3) is 3.41. The Labute approximate surface area is 101 Å². The van der Waals surface area contributed by atoms with Gasteiger partial charge in [0.25, 0.3) is 0 Å². The Kier molecular flexibility index (Phi) is 3.88. The Morgan fingerprint density at radius 2 is 2.13 bits per heavy atom. The first kappa shape index (κ1) is 10.8. The molecule has 0 spiro atoms. The lowest BCUT2D eigenvalue weighted by Crippen LogP contribution is -2.12. The topological polar surface area (TPSA) is 24.9 Å². The van der Waals surface area contributed by atoms with Gasteiger partial charge in [0.05, 0.1) is 0 Å². The van der Waals surface area contributed by atoms with Crippen molar-refractivity contribution in [2.24, 2.45) is 0 Å². The summed E-state index contributed by atoms with van der Waals surface area (Å²) in [5.41, 5.74) is 2.53. The summed E-state index contributed by atoms with van der Waals surface area (Å²) in [6.45, 7) is 1.76. The normalized spacial score (nSPS) is 10.5. The maximum Gasteiger partial charge on any atom is 0.0410 e. The van der Waals surface area contributed by atoms with Crippen LogP contribution in [-0.2, 0) is 13.1 Å². The summed E-state index contributed by atoms with van der Waals surface area (Å²) < 4.78 is 1.03. The van der Waals surface area contributed by atoms with E-state index in [2.05, 4.69) is 49.1 Å². The van der Waals surface area contributed by atoms with Crippen molar-refractivity contribution in [1.82, 2.24) is 10.3 Å². The van der Waals surface area contributed by atoms with Crippen molar-refractivity contribution in [3.8, 4) is 0 Å². The Balaban J connectivity index is 1.83. The number of hydrogen-bond donors (Lipinski definition) is 1. The number of nitrogens with zero attached hydrogens (tertiary/aromatic N) is 1. The minimum atomic E-state index is 0.849. The van der Waals surface area contributed by atoms with Gasteiger partial charge in [-0.25, -0.2) is 0 Å². The maximum absolute atomic E-state index is 4.12. The van der Waals surface area contributed by atoms with E-state index in [4.69, 9.17) is 0 Å². The molecule has 2 aromatic rings. The lowest BCUT2D eigenvalue weighted by Gasteiger charge is -2.03. The van der Waals surface area contributed by atoms with Crippen LogP contribution in [0.3, 0.4) is 0 Å². The SMILES string of the molecule is Brc1cncc(CNCc2ccsc2)c1. The van der Waals surface area contributed by atoms with E-state index < -0.39 is 0 Å². The molecule has 0 aliphatic heterocycles. The van der Waals surface area contributed by atoms with Crippen molar-refractivity contribution in [3.05, 3.63) is 50.9 Å². The third-order valence-corrected chi connectivity index (χ3v) is 3.17. The molecule has 0 aromatic carbocycles. The Hall–Kier alpha value is -0.710. The Morgan fingerprint density at radius 1 is 1.27 bits per heavy atom. The van der Waals surface area contributed by atoms with Crippen LogP contribution in [0.1, 0.15) is 11.1 Å². The molecule has 0 saturated carbocycles. The number of hydrogen-bond acceptors (Lipinski definition) is 3. The minimum Gasteiger partial charge on any atom is -0.309 e. The molecule has 2 aromatic heterocycles. The quantitative estimate of drug-likeness (QED) is 0.932. The zero-order valence-electron chi connectivity index (χ0n) is 8.11. The molecule has 0 saturated heterocycles. The molecule has 4 heteroatoms. The average molecular weight is 283 g/mol. The molecule has 0 bridgehead atoms. The van der Waals surface area contributed by atoms with Gasteiger partial charge in [0, 0.05) is 30.0 Å². The average Bonchev–Trinajstić information content (AvgIpc) is 2.71. The molecule has 2 nitrogen and oxygen atoms in total. The number of pyridine rings is 1. The van der Waals surface area contributed by atoms with Crippen LogP contribution in [0.4, 0.5) is 0 Å². The Morgan fingerprint density at radius 3 is 2.87 bits per heavy atom. The van der Waals surface area contributed by atoms with Crippen LogP contribution in [0.15, 0.2) is 39.8 Å². The molecule has 0 radical (unpaired) electrons. The summed E-state index contributed by atoms with van der Waals surface area (Å²) in [5, 5.41) is 7.63. The van der Waals surface area contributed by atoms with E-state index in [1.807, 2.05) is 6.20 Å². The van der Waals surface area contributed by atoms with Crippen molar-refractivity contribution >= 4 is 27.3 Å². The van der Waals surface area contributed by atoms with Crippen molar-refractivity contribution in [2.75, 3.05) is 0 Å². The lowest BCUT2D eigenvalue weighted by atomic mass is 10.3. The number of rotatable bonds is 4. The molecular formula is C11H11BrN2S. The second kappa shape index (κ2) is 5.39. The molecular weight excluding hydrogens is 272 g/mol. The van der Waals surface area contributed by atoms with Crippen LogP contribution in [-0.4, -0.2) is 4.98 Å². The van der Waals surface area contributed by atoms with Gasteiger partial charge in [0.2, 0.25) is 0 Å². The third-order valence-electron chi connectivity index (χ3n) is 2.00. The van der Waals surface area contributed by atoms with Crippen molar-refractivity contribution in [2.45, 2.75) is 13.1 Å². The molecule has 0 atom stereocenters. The minimum absolute atomic E-state index is 0.849. The fourth-order valence-corrected chi connectivity index (χ4v) is 2.38. The fourth-order valence-electron chi connectivity index (χ4n) is 1.30. The van der Waals surface area contributed by atoms with E-state index >= 15 is 0 Å². The molecule has 0 fully saturated rings. The number of halogens is 1. The first-order valence-corrected chi connectivity index (χ1v) is 6.39. The van der Waals surface area contributed by atoms with Crippen LogP contribution in [0.2, 0.25) is 0 Å². The van der Waals surface area contributed by atoms with Crippen LogP contribution >= 0.6 is 27.3 Å². The van der Waals surface area contributed by atoms with Gasteiger partial charge in [-0.05, 0) is 49.9 Å². The number of aromatic nitrogens is 1. The number of nitrogens with one attached hydrogen (secondary N) is 1. The smallest absolute Gasteiger partial charge is 0.0410 e. The van der Waals surface area contributed by atoms with Crippen LogP contribution < -0.4 is 5.32 Å². The predicted octanol–water partition coefficient (Wildman–Crippen LogP) is 3.20. The highest BCUT2D eigenvalue weighted by Gasteiger charge is 1.95. The Bertz CT molecular complexity index is 414. The summed E-state index contributed by atoms with van der Waals surface area (Å²) >= 11 is 5.13. The highest BCUT2D eigenvalue weighted by atomic mass is 79.9. The first-order chi connectivity index (χ1) is 7.34.